The van der Waals surface area contributed by atoms with E-state index < -0.39 is 0 Å². The van der Waals surface area contributed by atoms with Crippen molar-refractivity contribution in [2.24, 2.45) is 0 Å². The Labute approximate surface area is 110 Å². The van der Waals surface area contributed by atoms with Crippen molar-refractivity contribution in [3.8, 4) is 5.75 Å². The van der Waals surface area contributed by atoms with Gasteiger partial charge in [-0.1, -0.05) is 18.5 Å². The Balaban J connectivity index is 2.21. The molecule has 17 heavy (non-hydrogen) atoms. The first-order chi connectivity index (χ1) is 8.08. The van der Waals surface area contributed by atoms with Crippen LogP contribution in [0.5, 0.6) is 5.75 Å². The first-order valence-corrected chi connectivity index (χ1v) is 6.90. The van der Waals surface area contributed by atoms with Crippen LogP contribution in [0, 0.1) is 0 Å². The minimum atomic E-state index is -0.0990. The molecule has 1 aromatic rings. The maximum absolute atomic E-state index is 12.2. The number of carbonyl (C=O) groups excluding carboxylic acids is 1. The number of thioether (sulfide) groups is 1. The van der Waals surface area contributed by atoms with Crippen molar-refractivity contribution in [3.63, 3.8) is 0 Å². The van der Waals surface area contributed by atoms with Crippen molar-refractivity contribution in [1.82, 2.24) is 4.90 Å². The van der Waals surface area contributed by atoms with Crippen LogP contribution in [0.15, 0.2) is 18.2 Å². The van der Waals surface area contributed by atoms with Gasteiger partial charge in [-0.05, 0) is 18.2 Å². The van der Waals surface area contributed by atoms with Crippen LogP contribution in [-0.2, 0) is 0 Å². The molecule has 0 unspecified atom stereocenters. The fourth-order valence-electron chi connectivity index (χ4n) is 1.85. The number of hydrogen-bond donors (Lipinski definition) is 1. The number of benzene rings is 1. The molecule has 1 amide bonds. The number of nitrogens with zero attached hydrogens (tertiary/aromatic N) is 1. The van der Waals surface area contributed by atoms with E-state index in [1.165, 1.54) is 12.1 Å². The zero-order chi connectivity index (χ0) is 12.4. The average Bonchev–Trinajstić information content (AvgIpc) is 2.31. The fourth-order valence-corrected chi connectivity index (χ4v) is 3.06. The first kappa shape index (κ1) is 12.6. The van der Waals surface area contributed by atoms with E-state index in [2.05, 4.69) is 6.92 Å². The van der Waals surface area contributed by atoms with Crippen molar-refractivity contribution in [1.29, 1.82) is 0 Å². The van der Waals surface area contributed by atoms with Gasteiger partial charge in [-0.2, -0.15) is 11.8 Å². The summed E-state index contributed by atoms with van der Waals surface area (Å²) in [4.78, 5) is 14.0. The van der Waals surface area contributed by atoms with Gasteiger partial charge in [-0.3, -0.25) is 4.79 Å². The van der Waals surface area contributed by atoms with E-state index in [0.717, 1.165) is 18.8 Å². The molecule has 0 aliphatic carbocycles. The lowest BCUT2D eigenvalue weighted by Crippen LogP contribution is -2.41. The molecule has 2 rings (SSSR count). The van der Waals surface area contributed by atoms with Crippen molar-refractivity contribution in [3.05, 3.63) is 28.8 Å². The van der Waals surface area contributed by atoms with Crippen LogP contribution < -0.4 is 0 Å². The minimum absolute atomic E-state index is 0.0668. The summed E-state index contributed by atoms with van der Waals surface area (Å²) in [5, 5.41) is 10.2. The minimum Gasteiger partial charge on any atom is -0.508 e. The van der Waals surface area contributed by atoms with Crippen molar-refractivity contribution in [2.75, 3.05) is 18.8 Å². The van der Waals surface area contributed by atoms with Gasteiger partial charge < -0.3 is 10.0 Å². The zero-order valence-corrected chi connectivity index (χ0v) is 11.1. The molecule has 1 fully saturated rings. The zero-order valence-electron chi connectivity index (χ0n) is 9.52. The van der Waals surface area contributed by atoms with Crippen LogP contribution in [0.1, 0.15) is 17.3 Å². The second-order valence-electron chi connectivity index (χ2n) is 4.10. The highest BCUT2D eigenvalue weighted by Gasteiger charge is 2.24. The quantitative estimate of drug-likeness (QED) is 0.854. The SMILES string of the molecule is C[C@H]1CN(C(=O)c2cc(O)ccc2Cl)CCS1. The average molecular weight is 272 g/mol. The maximum atomic E-state index is 12.2. The number of amides is 1. The molecule has 92 valence electrons. The van der Waals surface area contributed by atoms with Crippen molar-refractivity contribution < 1.29 is 9.90 Å². The maximum Gasteiger partial charge on any atom is 0.255 e. The van der Waals surface area contributed by atoms with Crippen LogP contribution in [-0.4, -0.2) is 40.0 Å². The second kappa shape index (κ2) is 5.19. The van der Waals surface area contributed by atoms with Gasteiger partial charge in [-0.15, -0.1) is 0 Å². The van der Waals surface area contributed by atoms with E-state index in [0.29, 0.717) is 15.8 Å². The summed E-state index contributed by atoms with van der Waals surface area (Å²) in [5.74, 6) is 0.916. The van der Waals surface area contributed by atoms with E-state index in [1.54, 1.807) is 11.0 Å². The third-order valence-electron chi connectivity index (χ3n) is 2.71. The van der Waals surface area contributed by atoms with E-state index in [4.69, 9.17) is 11.6 Å². The summed E-state index contributed by atoms with van der Waals surface area (Å²) in [6, 6.07) is 4.46. The Bertz CT molecular complexity index is 439. The van der Waals surface area contributed by atoms with Crippen LogP contribution in [0.4, 0.5) is 0 Å². The molecular weight excluding hydrogens is 258 g/mol. The monoisotopic (exact) mass is 271 g/mol. The van der Waals surface area contributed by atoms with Crippen molar-refractivity contribution in [2.45, 2.75) is 12.2 Å². The number of hydrogen-bond acceptors (Lipinski definition) is 3. The molecule has 1 aromatic carbocycles. The number of rotatable bonds is 1. The Morgan fingerprint density at radius 3 is 3.06 bits per heavy atom. The number of phenols is 1. The molecule has 3 nitrogen and oxygen atoms in total. The lowest BCUT2D eigenvalue weighted by atomic mass is 10.1. The van der Waals surface area contributed by atoms with Crippen LogP contribution >= 0.6 is 23.4 Å². The highest BCUT2D eigenvalue weighted by Crippen LogP contribution is 2.25. The van der Waals surface area contributed by atoms with Gasteiger partial charge in [0.15, 0.2) is 0 Å². The lowest BCUT2D eigenvalue weighted by Gasteiger charge is -2.30. The molecule has 0 radical (unpaired) electrons. The van der Waals surface area contributed by atoms with Crippen molar-refractivity contribution >= 4 is 29.3 Å². The molecular formula is C12H14ClNO2S. The molecule has 1 saturated heterocycles. The molecule has 5 heteroatoms. The third-order valence-corrected chi connectivity index (χ3v) is 4.17. The summed E-state index contributed by atoms with van der Waals surface area (Å²) in [6.45, 7) is 3.57. The Morgan fingerprint density at radius 2 is 2.35 bits per heavy atom. The van der Waals surface area contributed by atoms with Gasteiger partial charge in [0.25, 0.3) is 5.91 Å². The molecule has 0 bridgehead atoms. The highest BCUT2D eigenvalue weighted by atomic mass is 35.5. The number of halogens is 1. The summed E-state index contributed by atoms with van der Waals surface area (Å²) >= 11 is 7.85. The molecule has 1 aliphatic heterocycles. The molecule has 0 spiro atoms. The topological polar surface area (TPSA) is 40.5 Å². The van der Waals surface area contributed by atoms with E-state index >= 15 is 0 Å². The second-order valence-corrected chi connectivity index (χ2v) is 6.05. The molecule has 0 saturated carbocycles. The smallest absolute Gasteiger partial charge is 0.255 e. The number of phenolic OH excluding ortho intramolecular Hbond substituents is 1. The third kappa shape index (κ3) is 2.87. The Morgan fingerprint density at radius 1 is 1.59 bits per heavy atom. The first-order valence-electron chi connectivity index (χ1n) is 5.47. The van der Waals surface area contributed by atoms with Gasteiger partial charge in [0.05, 0.1) is 10.6 Å². The van der Waals surface area contributed by atoms with E-state index in [-0.39, 0.29) is 11.7 Å². The van der Waals surface area contributed by atoms with E-state index in [1.807, 2.05) is 11.8 Å². The highest BCUT2D eigenvalue weighted by molar-refractivity contribution is 7.99. The predicted molar refractivity (Wildman–Crippen MR) is 70.9 cm³/mol. The normalized spacial score (nSPS) is 20.4. The largest absolute Gasteiger partial charge is 0.508 e. The summed E-state index contributed by atoms with van der Waals surface area (Å²) < 4.78 is 0. The van der Waals surface area contributed by atoms with Crippen LogP contribution in [0.2, 0.25) is 5.02 Å². The Kier molecular flexibility index (Phi) is 3.84. The van der Waals surface area contributed by atoms with Crippen LogP contribution in [0.25, 0.3) is 0 Å². The lowest BCUT2D eigenvalue weighted by molar-refractivity contribution is 0.0763. The predicted octanol–water partition coefficient (Wildman–Crippen LogP) is 2.62. The van der Waals surface area contributed by atoms with Gasteiger partial charge in [0.2, 0.25) is 0 Å². The van der Waals surface area contributed by atoms with Gasteiger partial charge in [0, 0.05) is 24.1 Å². The molecule has 1 heterocycles. The van der Waals surface area contributed by atoms with Crippen LogP contribution in [0.3, 0.4) is 0 Å². The van der Waals surface area contributed by atoms with E-state index in [9.17, 15) is 9.90 Å². The molecule has 1 aliphatic rings. The summed E-state index contributed by atoms with van der Waals surface area (Å²) in [6.07, 6.45) is 0. The van der Waals surface area contributed by atoms with Gasteiger partial charge in [0.1, 0.15) is 5.75 Å². The molecule has 1 atom stereocenters. The molecule has 1 N–H and O–H groups in total. The van der Waals surface area contributed by atoms with Gasteiger partial charge >= 0.3 is 0 Å². The Hall–Kier alpha value is -0.870. The molecule has 0 aromatic heterocycles. The number of carbonyl (C=O) groups is 1. The summed E-state index contributed by atoms with van der Waals surface area (Å²) in [5.41, 5.74) is 0.380. The fraction of sp³-hybridized carbons (Fsp3) is 0.417. The standard InChI is InChI=1S/C12H14ClNO2S/c1-8-7-14(4-5-17-8)12(16)10-6-9(15)2-3-11(10)13/h2-3,6,8,15H,4-5,7H2,1H3/t8-/m0/s1. The van der Waals surface area contributed by atoms with Gasteiger partial charge in [-0.25, -0.2) is 0 Å². The number of aromatic hydroxyl groups is 1. The summed E-state index contributed by atoms with van der Waals surface area (Å²) in [7, 11) is 0.